The molecule has 0 fully saturated rings. The fourth-order valence-corrected chi connectivity index (χ4v) is 6.09. The molecule has 40 heavy (non-hydrogen) atoms. The number of thiophene rings is 1. The molecule has 0 bridgehead atoms. The zero-order valence-electron chi connectivity index (χ0n) is 23.6. The lowest BCUT2D eigenvalue weighted by Gasteiger charge is -2.28. The van der Waals surface area contributed by atoms with E-state index in [0.29, 0.717) is 32.3 Å². The topological polar surface area (TPSA) is 126 Å². The SMILES string of the molecule is COc1ccccc1[C@H](Cn1c(=O)n(C(C)(C)C(=O)CCCO)c(=O)c2c(C)c(-c3ncco3)sc21)OC(C)C. The van der Waals surface area contributed by atoms with E-state index < -0.39 is 22.9 Å². The fourth-order valence-electron chi connectivity index (χ4n) is 4.85. The number of aliphatic hydroxyl groups is 1. The van der Waals surface area contributed by atoms with Gasteiger partial charge in [0.25, 0.3) is 5.56 Å². The number of oxazole rings is 1. The van der Waals surface area contributed by atoms with Crippen LogP contribution in [0.4, 0.5) is 0 Å². The van der Waals surface area contributed by atoms with Crippen molar-refractivity contribution in [1.82, 2.24) is 14.1 Å². The first-order chi connectivity index (χ1) is 19.0. The third kappa shape index (κ3) is 5.41. The first kappa shape index (κ1) is 29.4. The summed E-state index contributed by atoms with van der Waals surface area (Å²) in [5, 5.41) is 9.58. The summed E-state index contributed by atoms with van der Waals surface area (Å²) < 4.78 is 20.0. The van der Waals surface area contributed by atoms with Crippen molar-refractivity contribution in [1.29, 1.82) is 0 Å². The molecule has 1 N–H and O–H groups in total. The molecule has 0 radical (unpaired) electrons. The van der Waals surface area contributed by atoms with E-state index in [2.05, 4.69) is 4.98 Å². The van der Waals surface area contributed by atoms with Gasteiger partial charge in [-0.15, -0.1) is 11.3 Å². The number of aromatic nitrogens is 3. The molecule has 11 heteroatoms. The number of carbonyl (C=O) groups is 1. The van der Waals surface area contributed by atoms with Crippen molar-refractivity contribution < 1.29 is 23.8 Å². The van der Waals surface area contributed by atoms with Gasteiger partial charge in [0, 0.05) is 18.6 Å². The maximum absolute atomic E-state index is 14.2. The van der Waals surface area contributed by atoms with E-state index >= 15 is 0 Å². The summed E-state index contributed by atoms with van der Waals surface area (Å²) in [5.74, 6) is 0.613. The van der Waals surface area contributed by atoms with E-state index in [1.165, 1.54) is 28.4 Å². The molecule has 0 unspecified atom stereocenters. The van der Waals surface area contributed by atoms with Crippen LogP contribution in [0.2, 0.25) is 0 Å². The van der Waals surface area contributed by atoms with Gasteiger partial charge < -0.3 is 19.0 Å². The second-order valence-corrected chi connectivity index (χ2v) is 11.3. The molecule has 0 spiro atoms. The Morgan fingerprint density at radius 2 is 1.95 bits per heavy atom. The monoisotopic (exact) mass is 569 g/mol. The molecule has 3 aromatic heterocycles. The molecule has 1 atom stereocenters. The summed E-state index contributed by atoms with van der Waals surface area (Å²) in [6.45, 7) is 8.59. The van der Waals surface area contributed by atoms with Crippen LogP contribution in [0.15, 0.2) is 50.7 Å². The highest BCUT2D eigenvalue weighted by atomic mass is 32.1. The molecular weight excluding hydrogens is 534 g/mol. The number of methoxy groups -OCH3 is 1. The predicted octanol–water partition coefficient (Wildman–Crippen LogP) is 4.44. The standard InChI is InChI=1S/C29H35N3O7S/c1-17(2)39-21(19-10-7-8-11-20(19)37-6)16-31-27-23(18(3)24(40-27)25-30-13-15-38-25)26(35)32(28(31)36)29(4,5)22(34)12-9-14-33/h7-8,10-11,13,15,17,21,33H,9,12,14,16H2,1-6H3/t21-/m0/s1. The summed E-state index contributed by atoms with van der Waals surface area (Å²) in [7, 11) is 1.57. The number of nitrogens with zero attached hydrogens (tertiary/aromatic N) is 3. The number of aliphatic hydroxyl groups excluding tert-OH is 1. The van der Waals surface area contributed by atoms with Gasteiger partial charge in [0.15, 0.2) is 5.78 Å². The molecule has 0 saturated heterocycles. The highest BCUT2D eigenvalue weighted by molar-refractivity contribution is 7.22. The molecule has 1 aromatic carbocycles. The Balaban J connectivity index is 2.02. The Kier molecular flexibility index (Phi) is 8.77. The molecule has 4 aromatic rings. The van der Waals surface area contributed by atoms with Gasteiger partial charge in [-0.25, -0.2) is 14.3 Å². The van der Waals surface area contributed by atoms with Crippen LogP contribution < -0.4 is 16.0 Å². The van der Waals surface area contributed by atoms with Gasteiger partial charge in [0.1, 0.15) is 28.5 Å². The number of ether oxygens (including phenoxy) is 2. The molecular formula is C29H35N3O7S. The maximum Gasteiger partial charge on any atom is 0.333 e. The molecule has 0 amide bonds. The largest absolute Gasteiger partial charge is 0.496 e. The average Bonchev–Trinajstić information content (AvgIpc) is 3.56. The van der Waals surface area contributed by atoms with Crippen LogP contribution >= 0.6 is 11.3 Å². The van der Waals surface area contributed by atoms with Gasteiger partial charge in [-0.05, 0) is 52.7 Å². The van der Waals surface area contributed by atoms with Gasteiger partial charge in [-0.1, -0.05) is 18.2 Å². The number of ketones is 1. The van der Waals surface area contributed by atoms with E-state index in [9.17, 15) is 19.5 Å². The summed E-state index contributed by atoms with van der Waals surface area (Å²) >= 11 is 1.23. The highest BCUT2D eigenvalue weighted by Crippen LogP contribution is 2.37. The van der Waals surface area contributed by atoms with E-state index in [-0.39, 0.29) is 37.9 Å². The molecule has 214 valence electrons. The summed E-state index contributed by atoms with van der Waals surface area (Å²) in [4.78, 5) is 46.8. The Hall–Kier alpha value is -3.54. The minimum atomic E-state index is -1.46. The third-order valence-electron chi connectivity index (χ3n) is 6.91. The fraction of sp³-hybridized carbons (Fsp3) is 0.448. The van der Waals surface area contributed by atoms with Crippen molar-refractivity contribution in [3.63, 3.8) is 0 Å². The van der Waals surface area contributed by atoms with Crippen molar-refractivity contribution in [3.8, 4) is 16.5 Å². The van der Waals surface area contributed by atoms with Crippen molar-refractivity contribution in [2.75, 3.05) is 13.7 Å². The van der Waals surface area contributed by atoms with Crippen LogP contribution in [-0.2, 0) is 21.6 Å². The molecule has 0 aliphatic rings. The number of Topliss-reactive ketones (excluding diaryl/α,β-unsaturated/α-hetero) is 1. The zero-order chi connectivity index (χ0) is 29.2. The molecule has 0 aliphatic heterocycles. The van der Waals surface area contributed by atoms with Crippen molar-refractivity contribution in [2.24, 2.45) is 0 Å². The molecule has 10 nitrogen and oxygen atoms in total. The van der Waals surface area contributed by atoms with Crippen LogP contribution in [0.1, 0.15) is 57.8 Å². The van der Waals surface area contributed by atoms with Gasteiger partial charge in [0.05, 0.1) is 36.2 Å². The van der Waals surface area contributed by atoms with Gasteiger partial charge >= 0.3 is 5.69 Å². The summed E-state index contributed by atoms with van der Waals surface area (Å²) in [6.07, 6.45) is 2.43. The van der Waals surface area contributed by atoms with Crippen molar-refractivity contribution in [2.45, 2.75) is 71.8 Å². The lowest BCUT2D eigenvalue weighted by Crippen LogP contribution is -2.52. The molecule has 4 rings (SSSR count). The van der Waals surface area contributed by atoms with Crippen LogP contribution in [0.5, 0.6) is 5.75 Å². The average molecular weight is 570 g/mol. The second-order valence-electron chi connectivity index (χ2n) is 10.3. The van der Waals surface area contributed by atoms with Crippen LogP contribution in [-0.4, -0.2) is 44.8 Å². The van der Waals surface area contributed by atoms with Crippen molar-refractivity contribution in [3.05, 3.63) is 68.7 Å². The van der Waals surface area contributed by atoms with E-state index in [1.807, 2.05) is 38.1 Å². The van der Waals surface area contributed by atoms with Crippen molar-refractivity contribution >= 4 is 27.3 Å². The number of hydrogen-bond donors (Lipinski definition) is 1. The van der Waals surface area contributed by atoms with Gasteiger partial charge in [0.2, 0.25) is 5.89 Å². The third-order valence-corrected chi connectivity index (χ3v) is 8.22. The minimum Gasteiger partial charge on any atom is -0.496 e. The lowest BCUT2D eigenvalue weighted by molar-refractivity contribution is -0.126. The smallest absolute Gasteiger partial charge is 0.333 e. The van der Waals surface area contributed by atoms with E-state index in [1.54, 1.807) is 27.9 Å². The van der Waals surface area contributed by atoms with Gasteiger partial charge in [-0.2, -0.15) is 0 Å². The summed E-state index contributed by atoms with van der Waals surface area (Å²) in [5.41, 5.74) is -1.31. The molecule has 0 saturated carbocycles. The first-order valence-electron chi connectivity index (χ1n) is 13.1. The number of carbonyl (C=O) groups excluding carboxylic acids is 1. The Morgan fingerprint density at radius 1 is 1.23 bits per heavy atom. The quantitative estimate of drug-likeness (QED) is 0.265. The number of fused-ring (bicyclic) bond motifs is 1. The number of benzene rings is 1. The number of aryl methyl sites for hydroxylation is 1. The minimum absolute atomic E-state index is 0.0257. The zero-order valence-corrected chi connectivity index (χ0v) is 24.4. The van der Waals surface area contributed by atoms with Gasteiger partial charge in [-0.3, -0.25) is 14.2 Å². The number of hydrogen-bond acceptors (Lipinski definition) is 9. The summed E-state index contributed by atoms with van der Waals surface area (Å²) in [6, 6.07) is 7.42. The number of rotatable bonds is 12. The van der Waals surface area contributed by atoms with Crippen LogP contribution in [0, 0.1) is 6.92 Å². The normalized spacial score (nSPS) is 12.8. The predicted molar refractivity (Wildman–Crippen MR) is 153 cm³/mol. The number of para-hydroxylation sites is 1. The Morgan fingerprint density at radius 3 is 2.58 bits per heavy atom. The van der Waals surface area contributed by atoms with Crippen LogP contribution in [0.25, 0.3) is 21.0 Å². The van der Waals surface area contributed by atoms with E-state index in [4.69, 9.17) is 13.9 Å². The van der Waals surface area contributed by atoms with E-state index in [0.717, 1.165) is 10.1 Å². The maximum atomic E-state index is 14.2. The molecule has 0 aliphatic carbocycles. The highest BCUT2D eigenvalue weighted by Gasteiger charge is 2.35. The Labute approximate surface area is 235 Å². The Bertz CT molecular complexity index is 1610. The van der Waals surface area contributed by atoms with Crippen LogP contribution in [0.3, 0.4) is 0 Å². The lowest BCUT2D eigenvalue weighted by atomic mass is 9.95. The molecule has 3 heterocycles. The first-order valence-corrected chi connectivity index (χ1v) is 14.0. The second kappa shape index (κ2) is 11.9.